The zero-order chi connectivity index (χ0) is 13.6. The molecule has 0 saturated carbocycles. The summed E-state index contributed by atoms with van der Waals surface area (Å²) in [5.74, 6) is 1.19. The number of benzene rings is 1. The standard InChI is InChI=1S/C15H20N4/c1-9(2)8-19-10(3)17-13-14(19)11-6-4-5-7-12(11)18-15(13)16/h4-7,9-10,17H,8H2,1-3H3,(H2,16,18). The van der Waals surface area contributed by atoms with Crippen molar-refractivity contribution in [2.75, 3.05) is 22.5 Å². The largest absolute Gasteiger partial charge is 0.382 e. The SMILES string of the molecule is CC(C)CN1c2c(c(N)nc3ccccc23)NC1C. The third kappa shape index (κ3) is 1.87. The van der Waals surface area contributed by atoms with Gasteiger partial charge in [0.15, 0.2) is 0 Å². The van der Waals surface area contributed by atoms with Gasteiger partial charge in [0.25, 0.3) is 0 Å². The molecule has 19 heavy (non-hydrogen) atoms. The summed E-state index contributed by atoms with van der Waals surface area (Å²) >= 11 is 0. The monoisotopic (exact) mass is 256 g/mol. The molecule has 1 unspecified atom stereocenters. The Morgan fingerprint density at radius 2 is 2.11 bits per heavy atom. The number of rotatable bonds is 2. The number of para-hydroxylation sites is 1. The highest BCUT2D eigenvalue weighted by molar-refractivity contribution is 6.04. The predicted molar refractivity (Wildman–Crippen MR) is 81.4 cm³/mol. The van der Waals surface area contributed by atoms with Crippen LogP contribution in [0.4, 0.5) is 17.2 Å². The van der Waals surface area contributed by atoms with Crippen LogP contribution in [0.1, 0.15) is 20.8 Å². The van der Waals surface area contributed by atoms with Gasteiger partial charge in [-0.2, -0.15) is 0 Å². The Morgan fingerprint density at radius 3 is 2.84 bits per heavy atom. The quantitative estimate of drug-likeness (QED) is 0.867. The van der Waals surface area contributed by atoms with Gasteiger partial charge in [0.05, 0.1) is 17.4 Å². The topological polar surface area (TPSA) is 54.2 Å². The van der Waals surface area contributed by atoms with E-state index in [0.29, 0.717) is 11.7 Å². The van der Waals surface area contributed by atoms with Gasteiger partial charge in [-0.3, -0.25) is 0 Å². The van der Waals surface area contributed by atoms with E-state index in [2.05, 4.69) is 48.1 Å². The van der Waals surface area contributed by atoms with Crippen molar-refractivity contribution in [1.82, 2.24) is 4.98 Å². The molecule has 4 heteroatoms. The minimum absolute atomic E-state index is 0.257. The molecule has 2 aromatic rings. The zero-order valence-corrected chi connectivity index (χ0v) is 11.6. The van der Waals surface area contributed by atoms with Gasteiger partial charge in [0.2, 0.25) is 0 Å². The van der Waals surface area contributed by atoms with E-state index >= 15 is 0 Å². The van der Waals surface area contributed by atoms with Crippen molar-refractivity contribution >= 4 is 28.1 Å². The first-order chi connectivity index (χ1) is 9.08. The Bertz CT molecular complexity index is 621. The molecular formula is C15H20N4. The maximum absolute atomic E-state index is 6.09. The number of anilines is 3. The lowest BCUT2D eigenvalue weighted by Crippen LogP contribution is -2.35. The molecule has 100 valence electrons. The van der Waals surface area contributed by atoms with E-state index in [0.717, 1.165) is 17.7 Å². The Hall–Kier alpha value is -1.97. The first-order valence-electron chi connectivity index (χ1n) is 6.79. The van der Waals surface area contributed by atoms with Crippen LogP contribution in [-0.2, 0) is 0 Å². The summed E-state index contributed by atoms with van der Waals surface area (Å²) in [6.45, 7) is 7.64. The summed E-state index contributed by atoms with van der Waals surface area (Å²) in [6.07, 6.45) is 0.257. The Labute approximate surface area is 113 Å². The van der Waals surface area contributed by atoms with Gasteiger partial charge in [-0.25, -0.2) is 4.98 Å². The van der Waals surface area contributed by atoms with Crippen molar-refractivity contribution in [2.24, 2.45) is 5.92 Å². The van der Waals surface area contributed by atoms with E-state index in [-0.39, 0.29) is 6.17 Å². The molecule has 0 radical (unpaired) electrons. The number of hydrogen-bond acceptors (Lipinski definition) is 4. The lowest BCUT2D eigenvalue weighted by atomic mass is 10.1. The number of nitrogens with two attached hydrogens (primary N) is 1. The van der Waals surface area contributed by atoms with Crippen LogP contribution >= 0.6 is 0 Å². The van der Waals surface area contributed by atoms with E-state index in [1.54, 1.807) is 0 Å². The first-order valence-corrected chi connectivity index (χ1v) is 6.79. The van der Waals surface area contributed by atoms with Crippen LogP contribution in [-0.4, -0.2) is 17.7 Å². The summed E-state index contributed by atoms with van der Waals surface area (Å²) in [4.78, 5) is 6.87. The summed E-state index contributed by atoms with van der Waals surface area (Å²) in [5.41, 5.74) is 9.23. The van der Waals surface area contributed by atoms with Crippen LogP contribution in [0, 0.1) is 5.92 Å². The van der Waals surface area contributed by atoms with Crippen molar-refractivity contribution in [3.05, 3.63) is 24.3 Å². The fraction of sp³-hybridized carbons (Fsp3) is 0.400. The van der Waals surface area contributed by atoms with Crippen molar-refractivity contribution < 1.29 is 0 Å². The lowest BCUT2D eigenvalue weighted by molar-refractivity contribution is 0.589. The van der Waals surface area contributed by atoms with Gasteiger partial charge >= 0.3 is 0 Å². The maximum atomic E-state index is 6.09. The molecule has 3 rings (SSSR count). The van der Waals surface area contributed by atoms with Crippen molar-refractivity contribution in [2.45, 2.75) is 26.9 Å². The van der Waals surface area contributed by atoms with Crippen LogP contribution < -0.4 is 16.0 Å². The lowest BCUT2D eigenvalue weighted by Gasteiger charge is -2.26. The number of nitrogens with zero attached hydrogens (tertiary/aromatic N) is 2. The number of fused-ring (bicyclic) bond motifs is 3. The van der Waals surface area contributed by atoms with Crippen LogP contribution in [0.25, 0.3) is 10.9 Å². The average molecular weight is 256 g/mol. The summed E-state index contributed by atoms with van der Waals surface area (Å²) in [6, 6.07) is 8.19. The molecule has 1 aromatic carbocycles. The van der Waals surface area contributed by atoms with E-state index in [9.17, 15) is 0 Å². The fourth-order valence-corrected chi connectivity index (χ4v) is 2.78. The van der Waals surface area contributed by atoms with Crippen LogP contribution in [0.5, 0.6) is 0 Å². The third-order valence-corrected chi connectivity index (χ3v) is 3.56. The molecule has 0 saturated heterocycles. The molecule has 3 N–H and O–H groups in total. The maximum Gasteiger partial charge on any atom is 0.149 e. The van der Waals surface area contributed by atoms with E-state index in [4.69, 9.17) is 5.73 Å². The summed E-state index contributed by atoms with van der Waals surface area (Å²) < 4.78 is 0. The number of pyridine rings is 1. The molecule has 1 aromatic heterocycles. The van der Waals surface area contributed by atoms with Crippen LogP contribution in [0.3, 0.4) is 0 Å². The van der Waals surface area contributed by atoms with E-state index in [1.807, 2.05) is 12.1 Å². The van der Waals surface area contributed by atoms with Gasteiger partial charge in [-0.15, -0.1) is 0 Å². The molecule has 0 bridgehead atoms. The number of nitrogens with one attached hydrogen (secondary N) is 1. The molecule has 1 atom stereocenters. The molecule has 0 aliphatic carbocycles. The molecule has 0 amide bonds. The normalized spacial score (nSPS) is 17.9. The smallest absolute Gasteiger partial charge is 0.149 e. The molecular weight excluding hydrogens is 236 g/mol. The zero-order valence-electron chi connectivity index (χ0n) is 11.6. The van der Waals surface area contributed by atoms with Crippen LogP contribution in [0.2, 0.25) is 0 Å². The minimum Gasteiger partial charge on any atom is -0.382 e. The highest BCUT2D eigenvalue weighted by atomic mass is 15.3. The number of hydrogen-bond donors (Lipinski definition) is 2. The van der Waals surface area contributed by atoms with E-state index < -0.39 is 0 Å². The predicted octanol–water partition coefficient (Wildman–Crippen LogP) is 3.05. The fourth-order valence-electron chi connectivity index (χ4n) is 2.78. The summed E-state index contributed by atoms with van der Waals surface area (Å²) in [5, 5.41) is 4.62. The Balaban J connectivity index is 2.23. The Morgan fingerprint density at radius 1 is 1.37 bits per heavy atom. The van der Waals surface area contributed by atoms with Gasteiger partial charge in [-0.1, -0.05) is 32.0 Å². The molecule has 2 heterocycles. The van der Waals surface area contributed by atoms with Crippen molar-refractivity contribution in [1.29, 1.82) is 0 Å². The molecule has 1 aliphatic heterocycles. The second kappa shape index (κ2) is 4.30. The average Bonchev–Trinajstić information content (AvgIpc) is 2.68. The molecule has 0 fully saturated rings. The minimum atomic E-state index is 0.257. The number of nitrogen functional groups attached to an aromatic ring is 1. The Kier molecular flexibility index (Phi) is 2.73. The second-order valence-corrected chi connectivity index (χ2v) is 5.60. The van der Waals surface area contributed by atoms with Gasteiger partial charge in [0, 0.05) is 11.9 Å². The van der Waals surface area contributed by atoms with E-state index in [1.165, 1.54) is 11.1 Å². The molecule has 1 aliphatic rings. The van der Waals surface area contributed by atoms with Gasteiger partial charge in [0.1, 0.15) is 11.5 Å². The third-order valence-electron chi connectivity index (χ3n) is 3.56. The van der Waals surface area contributed by atoms with Crippen molar-refractivity contribution in [3.63, 3.8) is 0 Å². The second-order valence-electron chi connectivity index (χ2n) is 5.60. The molecule has 4 nitrogen and oxygen atoms in total. The molecule has 0 spiro atoms. The van der Waals surface area contributed by atoms with Crippen LogP contribution in [0.15, 0.2) is 24.3 Å². The van der Waals surface area contributed by atoms with Gasteiger partial charge in [-0.05, 0) is 18.9 Å². The number of aromatic nitrogens is 1. The summed E-state index contributed by atoms with van der Waals surface area (Å²) in [7, 11) is 0. The van der Waals surface area contributed by atoms with Crippen molar-refractivity contribution in [3.8, 4) is 0 Å². The first kappa shape index (κ1) is 12.1. The van der Waals surface area contributed by atoms with Gasteiger partial charge < -0.3 is 16.0 Å². The highest BCUT2D eigenvalue weighted by Crippen LogP contribution is 2.43. The highest BCUT2D eigenvalue weighted by Gasteiger charge is 2.30.